The Morgan fingerprint density at radius 3 is 3.12 bits per heavy atom. The fourth-order valence-electron chi connectivity index (χ4n) is 3.55. The van der Waals surface area contributed by atoms with Crippen LogP contribution in [0.2, 0.25) is 0 Å². The van der Waals surface area contributed by atoms with Crippen LogP contribution < -0.4 is 5.32 Å². The third-order valence-electron chi connectivity index (χ3n) is 4.86. The van der Waals surface area contributed by atoms with Crippen LogP contribution in [0.25, 0.3) is 11.3 Å². The van der Waals surface area contributed by atoms with Crippen molar-refractivity contribution in [3.8, 4) is 11.3 Å². The molecule has 1 atom stereocenters. The summed E-state index contributed by atoms with van der Waals surface area (Å²) in [6.45, 7) is 7.96. The minimum atomic E-state index is 0.679. The zero-order valence-corrected chi connectivity index (χ0v) is 14.2. The molecule has 2 aliphatic rings. The SMILES string of the molecule is Cc1cc(-c2cc3c(cn2)CN(CC2CCOC2)CCN3)ccn1. The summed E-state index contributed by atoms with van der Waals surface area (Å²) in [6, 6.07) is 6.27. The summed E-state index contributed by atoms with van der Waals surface area (Å²) in [6.07, 6.45) is 5.06. The average Bonchev–Trinajstić information content (AvgIpc) is 3.00. The number of fused-ring (bicyclic) bond motifs is 1. The van der Waals surface area contributed by atoms with Crippen molar-refractivity contribution in [2.24, 2.45) is 5.92 Å². The lowest BCUT2D eigenvalue weighted by Gasteiger charge is -2.22. The molecule has 1 saturated heterocycles. The maximum atomic E-state index is 5.51. The summed E-state index contributed by atoms with van der Waals surface area (Å²) in [4.78, 5) is 11.5. The second-order valence-corrected chi connectivity index (χ2v) is 6.80. The fourth-order valence-corrected chi connectivity index (χ4v) is 3.55. The lowest BCUT2D eigenvalue weighted by atomic mass is 10.1. The van der Waals surface area contributed by atoms with Gasteiger partial charge in [0.05, 0.1) is 12.3 Å². The Morgan fingerprint density at radius 2 is 2.29 bits per heavy atom. The lowest BCUT2D eigenvalue weighted by molar-refractivity contribution is 0.167. The van der Waals surface area contributed by atoms with E-state index >= 15 is 0 Å². The zero-order valence-electron chi connectivity index (χ0n) is 14.2. The quantitative estimate of drug-likeness (QED) is 0.941. The van der Waals surface area contributed by atoms with E-state index in [1.165, 1.54) is 17.7 Å². The highest BCUT2D eigenvalue weighted by Crippen LogP contribution is 2.26. The predicted octanol–water partition coefficient (Wildman–Crippen LogP) is 2.72. The van der Waals surface area contributed by atoms with Gasteiger partial charge in [-0.05, 0) is 37.5 Å². The van der Waals surface area contributed by atoms with Crippen molar-refractivity contribution in [2.45, 2.75) is 19.9 Å². The minimum Gasteiger partial charge on any atom is -0.383 e. The van der Waals surface area contributed by atoms with Gasteiger partial charge in [0, 0.05) is 67.7 Å². The van der Waals surface area contributed by atoms with Crippen LogP contribution in [0.15, 0.2) is 30.6 Å². The number of ether oxygens (including phenoxy) is 1. The van der Waals surface area contributed by atoms with E-state index < -0.39 is 0 Å². The van der Waals surface area contributed by atoms with Crippen LogP contribution in [-0.4, -0.2) is 47.7 Å². The topological polar surface area (TPSA) is 50.3 Å². The molecule has 2 aromatic heterocycles. The normalized spacial score (nSPS) is 21.1. The van der Waals surface area contributed by atoms with Crippen molar-refractivity contribution >= 4 is 5.69 Å². The summed E-state index contributed by atoms with van der Waals surface area (Å²) >= 11 is 0. The average molecular weight is 324 g/mol. The highest BCUT2D eigenvalue weighted by atomic mass is 16.5. The highest BCUT2D eigenvalue weighted by molar-refractivity contribution is 5.66. The van der Waals surface area contributed by atoms with Crippen LogP contribution in [0, 0.1) is 12.8 Å². The third kappa shape index (κ3) is 3.42. The van der Waals surface area contributed by atoms with Crippen molar-refractivity contribution in [2.75, 3.05) is 38.2 Å². The highest BCUT2D eigenvalue weighted by Gasteiger charge is 2.21. The van der Waals surface area contributed by atoms with Crippen molar-refractivity contribution in [3.63, 3.8) is 0 Å². The molecule has 0 spiro atoms. The summed E-state index contributed by atoms with van der Waals surface area (Å²) in [5.74, 6) is 0.679. The second kappa shape index (κ2) is 6.87. The Labute approximate surface area is 143 Å². The molecule has 0 amide bonds. The number of hydrogen-bond donors (Lipinski definition) is 1. The number of anilines is 1. The number of hydrogen-bond acceptors (Lipinski definition) is 5. The van der Waals surface area contributed by atoms with Crippen LogP contribution in [0.3, 0.4) is 0 Å². The van der Waals surface area contributed by atoms with E-state index in [2.05, 4.69) is 27.3 Å². The second-order valence-electron chi connectivity index (χ2n) is 6.80. The minimum absolute atomic E-state index is 0.679. The largest absolute Gasteiger partial charge is 0.383 e. The Bertz CT molecular complexity index is 712. The maximum Gasteiger partial charge on any atom is 0.0723 e. The molecule has 2 aliphatic heterocycles. The predicted molar refractivity (Wildman–Crippen MR) is 94.9 cm³/mol. The van der Waals surface area contributed by atoms with E-state index in [9.17, 15) is 0 Å². The van der Waals surface area contributed by atoms with E-state index in [1.807, 2.05) is 25.4 Å². The van der Waals surface area contributed by atoms with Crippen molar-refractivity contribution < 1.29 is 4.74 Å². The Morgan fingerprint density at radius 1 is 1.33 bits per heavy atom. The van der Waals surface area contributed by atoms with Gasteiger partial charge in [-0.1, -0.05) is 0 Å². The Kier molecular flexibility index (Phi) is 4.45. The van der Waals surface area contributed by atoms with Gasteiger partial charge < -0.3 is 10.1 Å². The molecule has 0 aromatic carbocycles. The fraction of sp³-hybridized carbons (Fsp3) is 0.474. The molecular weight excluding hydrogens is 300 g/mol. The first kappa shape index (κ1) is 15.5. The standard InChI is InChI=1S/C19H24N4O/c1-14-8-16(2-4-20-14)18-9-19-17(10-22-18)12-23(6-5-21-19)11-15-3-7-24-13-15/h2,4,8-10,15,21H,3,5-7,11-13H2,1H3. The maximum absolute atomic E-state index is 5.51. The van der Waals surface area contributed by atoms with Gasteiger partial charge in [0.25, 0.3) is 0 Å². The van der Waals surface area contributed by atoms with E-state index in [0.29, 0.717) is 5.92 Å². The molecule has 1 unspecified atom stereocenters. The number of nitrogens with zero attached hydrogens (tertiary/aromatic N) is 3. The smallest absolute Gasteiger partial charge is 0.0723 e. The van der Waals surface area contributed by atoms with Gasteiger partial charge in [0.1, 0.15) is 0 Å². The monoisotopic (exact) mass is 324 g/mol. The van der Waals surface area contributed by atoms with Gasteiger partial charge in [0.15, 0.2) is 0 Å². The molecule has 0 radical (unpaired) electrons. The summed E-state index contributed by atoms with van der Waals surface area (Å²) in [5, 5.41) is 3.58. The first-order valence-electron chi connectivity index (χ1n) is 8.74. The number of nitrogens with one attached hydrogen (secondary N) is 1. The van der Waals surface area contributed by atoms with Gasteiger partial charge in [-0.15, -0.1) is 0 Å². The molecule has 2 aromatic rings. The molecule has 1 fully saturated rings. The van der Waals surface area contributed by atoms with Crippen LogP contribution in [0.5, 0.6) is 0 Å². The van der Waals surface area contributed by atoms with E-state index in [1.54, 1.807) is 0 Å². The molecule has 0 bridgehead atoms. The molecule has 24 heavy (non-hydrogen) atoms. The van der Waals surface area contributed by atoms with Crippen molar-refractivity contribution in [1.82, 2.24) is 14.9 Å². The first-order chi connectivity index (χ1) is 11.8. The van der Waals surface area contributed by atoms with Gasteiger partial charge >= 0.3 is 0 Å². The number of pyridine rings is 2. The van der Waals surface area contributed by atoms with Crippen molar-refractivity contribution in [1.29, 1.82) is 0 Å². The number of rotatable bonds is 3. The van der Waals surface area contributed by atoms with Crippen LogP contribution in [-0.2, 0) is 11.3 Å². The van der Waals surface area contributed by atoms with E-state index in [-0.39, 0.29) is 0 Å². The van der Waals surface area contributed by atoms with Crippen LogP contribution in [0.1, 0.15) is 17.7 Å². The number of aromatic nitrogens is 2. The zero-order chi connectivity index (χ0) is 16.4. The van der Waals surface area contributed by atoms with E-state index in [0.717, 1.165) is 56.3 Å². The molecule has 1 N–H and O–H groups in total. The molecular formula is C19H24N4O. The molecule has 0 saturated carbocycles. The van der Waals surface area contributed by atoms with Gasteiger partial charge in [-0.3, -0.25) is 14.9 Å². The summed E-state index contributed by atoms with van der Waals surface area (Å²) in [5.41, 5.74) is 5.63. The molecule has 4 rings (SSSR count). The van der Waals surface area contributed by atoms with E-state index in [4.69, 9.17) is 9.72 Å². The first-order valence-corrected chi connectivity index (χ1v) is 8.74. The molecule has 5 heteroatoms. The number of aryl methyl sites for hydroxylation is 1. The van der Waals surface area contributed by atoms with Gasteiger partial charge in [0.2, 0.25) is 0 Å². The molecule has 5 nitrogen and oxygen atoms in total. The Hall–Kier alpha value is -1.98. The third-order valence-corrected chi connectivity index (χ3v) is 4.86. The van der Waals surface area contributed by atoms with Crippen LogP contribution >= 0.6 is 0 Å². The molecule has 126 valence electrons. The van der Waals surface area contributed by atoms with Gasteiger partial charge in [-0.2, -0.15) is 0 Å². The summed E-state index contributed by atoms with van der Waals surface area (Å²) in [7, 11) is 0. The summed E-state index contributed by atoms with van der Waals surface area (Å²) < 4.78 is 5.51. The Balaban J connectivity index is 1.53. The molecule has 4 heterocycles. The van der Waals surface area contributed by atoms with Crippen molar-refractivity contribution in [3.05, 3.63) is 41.9 Å². The van der Waals surface area contributed by atoms with Crippen LogP contribution in [0.4, 0.5) is 5.69 Å². The molecule has 0 aliphatic carbocycles. The lowest BCUT2D eigenvalue weighted by Crippen LogP contribution is -2.31. The van der Waals surface area contributed by atoms with Gasteiger partial charge in [-0.25, -0.2) is 0 Å².